The summed E-state index contributed by atoms with van der Waals surface area (Å²) in [7, 11) is -1.11. The summed E-state index contributed by atoms with van der Waals surface area (Å²) in [4.78, 5) is 4.19. The first-order valence-corrected chi connectivity index (χ1v) is 14.6. The van der Waals surface area contributed by atoms with Crippen molar-refractivity contribution in [2.45, 2.75) is 30.6 Å². The minimum Gasteiger partial charge on any atom is -1.00 e. The molecule has 3 heterocycles. The molecule has 0 amide bonds. The summed E-state index contributed by atoms with van der Waals surface area (Å²) in [5.41, 5.74) is 11.6. The summed E-state index contributed by atoms with van der Waals surface area (Å²) in [6, 6.07) is 17.3. The van der Waals surface area contributed by atoms with Gasteiger partial charge in [0.2, 0.25) is 0 Å². The summed E-state index contributed by atoms with van der Waals surface area (Å²) in [6.07, 6.45) is 6.42. The molecule has 0 N–H and O–H groups in total. The predicted octanol–water partition coefficient (Wildman–Crippen LogP) is 0.748. The summed E-state index contributed by atoms with van der Waals surface area (Å²) < 4.78 is 0.654. The van der Waals surface area contributed by atoms with Crippen LogP contribution in [0.1, 0.15) is 28.6 Å². The van der Waals surface area contributed by atoms with Crippen molar-refractivity contribution in [3.05, 3.63) is 98.5 Å². The van der Waals surface area contributed by atoms with Crippen LogP contribution in [0.15, 0.2) is 92.4 Å². The molecule has 2 aliphatic carbocycles. The van der Waals surface area contributed by atoms with Crippen LogP contribution in [0.5, 0.6) is 0 Å². The second-order valence-corrected chi connectivity index (χ2v) is 14.4. The number of benzene rings is 2. The van der Waals surface area contributed by atoms with Crippen LogP contribution in [0, 0.1) is 0 Å². The van der Waals surface area contributed by atoms with Gasteiger partial charge in [0, 0.05) is 23.6 Å². The zero-order chi connectivity index (χ0) is 20.3. The summed E-state index contributed by atoms with van der Waals surface area (Å²) in [6.45, 7) is 9.37. The zero-order valence-corrected chi connectivity index (χ0v) is 23.1. The fourth-order valence-electron chi connectivity index (χ4n) is 5.35. The number of halogens is 2. The minimum absolute atomic E-state index is 0. The standard InChI is InChI=1S/C16H13.C10H11NSi.2ClH.Zr/c1-12-10-14-8-5-9-15(16(14)11-12)13-6-3-2-4-7-13;1-6-9-7-4-11-5-8(7)10(6)12(9,2)3;;;/h2-11H,1H3;4-5H,1-3H3;2*1H;/q;;;;+2/p-2. The Bertz CT molecular complexity index is 1200. The van der Waals surface area contributed by atoms with Crippen LogP contribution in [0.4, 0.5) is 0 Å². The summed E-state index contributed by atoms with van der Waals surface area (Å²) in [5.74, 6) is 0. The van der Waals surface area contributed by atoms with E-state index >= 15 is 0 Å². The molecule has 31 heavy (non-hydrogen) atoms. The Balaban J connectivity index is 0.000000173. The zero-order valence-electron chi connectivity index (χ0n) is 18.1. The van der Waals surface area contributed by atoms with Crippen molar-refractivity contribution in [2.24, 2.45) is 4.99 Å². The van der Waals surface area contributed by atoms with Gasteiger partial charge in [-0.3, -0.25) is 4.99 Å². The molecule has 3 aliphatic heterocycles. The van der Waals surface area contributed by atoms with E-state index in [1.807, 2.05) is 12.4 Å². The van der Waals surface area contributed by atoms with E-state index in [9.17, 15) is 0 Å². The number of aliphatic imine (C=N–C) groups is 1. The van der Waals surface area contributed by atoms with Crippen LogP contribution < -0.4 is 24.8 Å². The van der Waals surface area contributed by atoms with Gasteiger partial charge in [0.25, 0.3) is 0 Å². The van der Waals surface area contributed by atoms with E-state index < -0.39 is 8.07 Å². The van der Waals surface area contributed by atoms with Crippen molar-refractivity contribution in [1.29, 1.82) is 0 Å². The molecule has 0 saturated carbocycles. The van der Waals surface area contributed by atoms with Gasteiger partial charge in [-0.1, -0.05) is 18.7 Å². The van der Waals surface area contributed by atoms with Crippen LogP contribution in [0.25, 0.3) is 17.2 Å². The average molecular weight is 541 g/mol. The van der Waals surface area contributed by atoms with E-state index in [2.05, 4.69) is 86.5 Å². The number of rotatable bonds is 1. The van der Waals surface area contributed by atoms with Gasteiger partial charge < -0.3 is 24.8 Å². The molecule has 2 aromatic rings. The first-order chi connectivity index (χ1) is 13.9. The third-order valence-corrected chi connectivity index (χ3v) is 12.3. The molecule has 7 rings (SSSR count). The van der Waals surface area contributed by atoms with E-state index in [0.717, 1.165) is 0 Å². The monoisotopic (exact) mass is 538 g/mol. The predicted molar refractivity (Wildman–Crippen MR) is 122 cm³/mol. The molecule has 1 nitrogen and oxygen atoms in total. The Hall–Kier alpha value is -1.25. The van der Waals surface area contributed by atoms with Gasteiger partial charge >= 0.3 is 118 Å². The third-order valence-electron chi connectivity index (χ3n) is 6.60. The smallest absolute Gasteiger partial charge is 1.00 e. The van der Waals surface area contributed by atoms with Gasteiger partial charge in [-0.15, -0.1) is 0 Å². The molecule has 5 aliphatic rings. The Morgan fingerprint density at radius 3 is 2.26 bits per heavy atom. The van der Waals surface area contributed by atoms with Gasteiger partial charge in [-0.2, -0.15) is 0 Å². The molecule has 0 spiro atoms. The quantitative estimate of drug-likeness (QED) is 0.474. The van der Waals surface area contributed by atoms with Gasteiger partial charge in [-0.25, -0.2) is 0 Å². The third kappa shape index (κ3) is 3.68. The van der Waals surface area contributed by atoms with Crippen molar-refractivity contribution in [3.8, 4) is 11.1 Å². The molecular weight excluding hydrogens is 517 g/mol. The fourth-order valence-corrected chi connectivity index (χ4v) is 10.1. The number of nitrogens with zero attached hydrogens (tertiary/aromatic N) is 1. The van der Waals surface area contributed by atoms with Crippen molar-refractivity contribution in [2.75, 3.05) is 0 Å². The normalized spacial score (nSPS) is 20.5. The second kappa shape index (κ2) is 8.94. The molecule has 1 unspecified atom stereocenters. The van der Waals surface area contributed by atoms with E-state index in [-0.39, 0.29) is 24.8 Å². The first-order valence-electron chi connectivity index (χ1n) is 10.2. The van der Waals surface area contributed by atoms with Gasteiger partial charge in [0.05, 0.1) is 0 Å². The van der Waals surface area contributed by atoms with E-state index in [1.54, 1.807) is 40.7 Å². The Labute approximate surface area is 213 Å². The van der Waals surface area contributed by atoms with Gasteiger partial charge in [-0.05, 0) is 17.3 Å². The van der Waals surface area contributed by atoms with Crippen molar-refractivity contribution in [3.63, 3.8) is 0 Å². The van der Waals surface area contributed by atoms with Crippen molar-refractivity contribution >= 4 is 20.4 Å². The molecule has 155 valence electrons. The van der Waals surface area contributed by atoms with Crippen LogP contribution >= 0.6 is 0 Å². The average Bonchev–Trinajstić information content (AvgIpc) is 3.40. The largest absolute Gasteiger partial charge is 1.00 e. The fraction of sp³-hybridized carbons (Fsp3) is 0.192. The number of hydrogen-bond acceptors (Lipinski definition) is 1. The minimum atomic E-state index is -1.11. The molecule has 0 radical (unpaired) electrons. The first kappa shape index (κ1) is 24.4. The summed E-state index contributed by atoms with van der Waals surface area (Å²) >= 11 is 1.58. The van der Waals surface area contributed by atoms with E-state index in [4.69, 9.17) is 0 Å². The summed E-state index contributed by atoms with van der Waals surface area (Å²) in [5, 5.41) is 3.31. The molecule has 2 bridgehead atoms. The van der Waals surface area contributed by atoms with Gasteiger partial charge in [0.1, 0.15) is 8.07 Å². The molecule has 0 aromatic heterocycles. The number of allylic oxidation sites excluding steroid dienone is 6. The number of hydrogen-bond donors (Lipinski definition) is 0. The molecule has 1 atom stereocenters. The Morgan fingerprint density at radius 1 is 0.903 bits per heavy atom. The topological polar surface area (TPSA) is 12.4 Å². The second-order valence-electron chi connectivity index (χ2n) is 8.73. The molecular formula is C26H24Cl2NSiZr. The SMILES string of the molecule is CC1=C2C3=CN=CC3=C1[Si]2(C)C.CC1=Cc2c(-c3ccccc3)cccc2[CH]1[Zr+2].[Cl-].[Cl-]. The van der Waals surface area contributed by atoms with Crippen LogP contribution in [-0.2, 0) is 24.7 Å². The van der Waals surface area contributed by atoms with E-state index in [1.165, 1.54) is 39.0 Å². The maximum absolute atomic E-state index is 4.19. The van der Waals surface area contributed by atoms with Crippen molar-refractivity contribution in [1.82, 2.24) is 0 Å². The Morgan fingerprint density at radius 2 is 1.61 bits per heavy atom. The van der Waals surface area contributed by atoms with Crippen LogP contribution in [-0.4, -0.2) is 14.3 Å². The maximum atomic E-state index is 4.19. The molecule has 5 heteroatoms. The van der Waals surface area contributed by atoms with E-state index in [0.29, 0.717) is 3.63 Å². The molecule has 2 aromatic carbocycles. The van der Waals surface area contributed by atoms with Crippen LogP contribution in [0.2, 0.25) is 13.1 Å². The molecule has 0 fully saturated rings. The molecule has 0 saturated heterocycles. The van der Waals surface area contributed by atoms with Crippen molar-refractivity contribution < 1.29 is 49.5 Å². The number of fused-ring (bicyclic) bond motifs is 1. The Kier molecular flexibility index (Phi) is 7.04. The maximum Gasteiger partial charge on any atom is -1.00 e. The van der Waals surface area contributed by atoms with Crippen LogP contribution in [0.3, 0.4) is 0 Å². The van der Waals surface area contributed by atoms with Gasteiger partial charge in [0.15, 0.2) is 0 Å².